The summed E-state index contributed by atoms with van der Waals surface area (Å²) in [4.78, 5) is 15.2. The molecule has 74 valence electrons. The predicted octanol–water partition coefficient (Wildman–Crippen LogP) is 1.32. The maximum Gasteiger partial charge on any atom is 0.224 e. The summed E-state index contributed by atoms with van der Waals surface area (Å²) >= 11 is 0. The first-order valence-corrected chi connectivity index (χ1v) is 4.59. The largest absolute Gasteiger partial charge is 0.356 e. The molecule has 0 bridgehead atoms. The van der Waals surface area contributed by atoms with Crippen LogP contribution in [0.4, 0.5) is 0 Å². The normalized spacial score (nSPS) is 9.43. The Bertz CT molecular complexity index is 295. The van der Waals surface area contributed by atoms with Crippen LogP contribution in [0.2, 0.25) is 0 Å². The van der Waals surface area contributed by atoms with Crippen molar-refractivity contribution in [3.05, 3.63) is 42.7 Å². The van der Waals surface area contributed by atoms with Crippen LogP contribution in [-0.2, 0) is 11.2 Å². The molecule has 0 spiro atoms. The van der Waals surface area contributed by atoms with Gasteiger partial charge in [0.05, 0.1) is 6.42 Å². The van der Waals surface area contributed by atoms with E-state index in [1.165, 1.54) is 0 Å². The van der Waals surface area contributed by atoms with Crippen LogP contribution in [0, 0.1) is 0 Å². The summed E-state index contributed by atoms with van der Waals surface area (Å²) in [6, 6.07) is 3.68. The minimum Gasteiger partial charge on any atom is -0.356 e. The lowest BCUT2D eigenvalue weighted by Gasteiger charge is -2.02. The summed E-state index contributed by atoms with van der Waals surface area (Å²) in [6.45, 7) is 4.24. The molecule has 0 saturated heterocycles. The van der Waals surface area contributed by atoms with Crippen LogP contribution in [0.3, 0.4) is 0 Å². The molecule has 0 aliphatic carbocycles. The van der Waals surface area contributed by atoms with Crippen molar-refractivity contribution in [2.75, 3.05) is 6.54 Å². The van der Waals surface area contributed by atoms with Gasteiger partial charge in [0.1, 0.15) is 0 Å². The number of hydrogen-bond acceptors (Lipinski definition) is 2. The number of carbonyl (C=O) groups excluding carboxylic acids is 1. The van der Waals surface area contributed by atoms with Crippen LogP contribution in [0.15, 0.2) is 37.2 Å². The first-order chi connectivity index (χ1) is 6.83. The number of aromatic nitrogens is 1. The van der Waals surface area contributed by atoms with Crippen LogP contribution in [-0.4, -0.2) is 17.4 Å². The van der Waals surface area contributed by atoms with Crippen LogP contribution in [0.1, 0.15) is 12.0 Å². The van der Waals surface area contributed by atoms with E-state index in [-0.39, 0.29) is 5.91 Å². The van der Waals surface area contributed by atoms with Crippen molar-refractivity contribution >= 4 is 5.91 Å². The van der Waals surface area contributed by atoms with E-state index in [2.05, 4.69) is 16.9 Å². The number of carbonyl (C=O) groups is 1. The van der Waals surface area contributed by atoms with Crippen molar-refractivity contribution in [2.45, 2.75) is 12.8 Å². The Morgan fingerprint density at radius 1 is 1.50 bits per heavy atom. The fourth-order valence-corrected chi connectivity index (χ4v) is 1.06. The van der Waals surface area contributed by atoms with Gasteiger partial charge in [-0.05, 0) is 24.1 Å². The zero-order valence-electron chi connectivity index (χ0n) is 8.07. The van der Waals surface area contributed by atoms with Crippen LogP contribution >= 0.6 is 0 Å². The Labute approximate surface area is 83.9 Å². The van der Waals surface area contributed by atoms with E-state index >= 15 is 0 Å². The van der Waals surface area contributed by atoms with Gasteiger partial charge in [0.2, 0.25) is 5.91 Å². The average Bonchev–Trinajstić information content (AvgIpc) is 2.20. The van der Waals surface area contributed by atoms with Crippen LogP contribution in [0.25, 0.3) is 0 Å². The molecule has 0 aliphatic rings. The highest BCUT2D eigenvalue weighted by Crippen LogP contribution is 1.96. The summed E-state index contributed by atoms with van der Waals surface area (Å²) in [7, 11) is 0. The second-order valence-corrected chi connectivity index (χ2v) is 2.96. The molecule has 14 heavy (non-hydrogen) atoms. The molecule has 0 saturated carbocycles. The van der Waals surface area contributed by atoms with Gasteiger partial charge in [0.15, 0.2) is 0 Å². The average molecular weight is 190 g/mol. The molecular weight excluding hydrogens is 176 g/mol. The van der Waals surface area contributed by atoms with Crippen molar-refractivity contribution in [1.82, 2.24) is 10.3 Å². The third-order valence-electron chi connectivity index (χ3n) is 1.78. The Morgan fingerprint density at radius 2 is 2.21 bits per heavy atom. The van der Waals surface area contributed by atoms with E-state index in [1.54, 1.807) is 18.5 Å². The second kappa shape index (κ2) is 5.91. The first kappa shape index (κ1) is 10.4. The zero-order valence-corrected chi connectivity index (χ0v) is 8.07. The highest BCUT2D eigenvalue weighted by atomic mass is 16.1. The molecule has 1 N–H and O–H groups in total. The van der Waals surface area contributed by atoms with Crippen LogP contribution < -0.4 is 5.32 Å². The van der Waals surface area contributed by atoms with Gasteiger partial charge < -0.3 is 5.32 Å². The Balaban J connectivity index is 2.31. The quantitative estimate of drug-likeness (QED) is 0.562. The van der Waals surface area contributed by atoms with E-state index in [0.717, 1.165) is 12.0 Å². The molecule has 1 rings (SSSR count). The highest BCUT2D eigenvalue weighted by Gasteiger charge is 2.00. The molecule has 0 atom stereocenters. The van der Waals surface area contributed by atoms with Gasteiger partial charge in [0.25, 0.3) is 0 Å². The molecule has 0 radical (unpaired) electrons. The number of hydrogen-bond donors (Lipinski definition) is 1. The summed E-state index contributed by atoms with van der Waals surface area (Å²) < 4.78 is 0. The molecular formula is C11H14N2O. The molecule has 3 nitrogen and oxygen atoms in total. The second-order valence-electron chi connectivity index (χ2n) is 2.96. The fourth-order valence-electron chi connectivity index (χ4n) is 1.06. The van der Waals surface area contributed by atoms with Crippen molar-refractivity contribution in [2.24, 2.45) is 0 Å². The standard InChI is InChI=1S/C11H14N2O/c1-2-3-6-13-11(14)9-10-4-7-12-8-5-10/h2,4-5,7-8H,1,3,6,9H2,(H,13,14). The molecule has 0 fully saturated rings. The molecule has 0 unspecified atom stereocenters. The van der Waals surface area contributed by atoms with Gasteiger partial charge in [-0.25, -0.2) is 0 Å². The number of nitrogens with zero attached hydrogens (tertiary/aromatic N) is 1. The number of rotatable bonds is 5. The lowest BCUT2D eigenvalue weighted by Crippen LogP contribution is -2.25. The molecule has 1 heterocycles. The molecule has 0 aromatic carbocycles. The van der Waals surface area contributed by atoms with Crippen molar-refractivity contribution in [1.29, 1.82) is 0 Å². The van der Waals surface area contributed by atoms with Gasteiger partial charge in [-0.3, -0.25) is 9.78 Å². The summed E-state index contributed by atoms with van der Waals surface area (Å²) in [5.74, 6) is 0.0399. The van der Waals surface area contributed by atoms with E-state index in [4.69, 9.17) is 0 Å². The van der Waals surface area contributed by atoms with Gasteiger partial charge in [-0.15, -0.1) is 6.58 Å². The van der Waals surface area contributed by atoms with Gasteiger partial charge in [0, 0.05) is 18.9 Å². The lowest BCUT2D eigenvalue weighted by atomic mass is 10.2. The van der Waals surface area contributed by atoms with Crippen molar-refractivity contribution in [3.8, 4) is 0 Å². The third-order valence-corrected chi connectivity index (χ3v) is 1.78. The lowest BCUT2D eigenvalue weighted by molar-refractivity contribution is -0.120. The van der Waals surface area contributed by atoms with E-state index < -0.39 is 0 Å². The Hall–Kier alpha value is -1.64. The minimum atomic E-state index is 0.0399. The minimum absolute atomic E-state index is 0.0399. The number of amides is 1. The maximum atomic E-state index is 11.3. The monoisotopic (exact) mass is 190 g/mol. The molecule has 0 aliphatic heterocycles. The molecule has 3 heteroatoms. The zero-order chi connectivity index (χ0) is 10.2. The number of pyridine rings is 1. The maximum absolute atomic E-state index is 11.3. The molecule has 1 aromatic rings. The topological polar surface area (TPSA) is 42.0 Å². The smallest absolute Gasteiger partial charge is 0.224 e. The molecule has 1 amide bonds. The van der Waals surface area contributed by atoms with E-state index in [9.17, 15) is 4.79 Å². The third kappa shape index (κ3) is 3.85. The van der Waals surface area contributed by atoms with E-state index in [1.807, 2.05) is 12.1 Å². The highest BCUT2D eigenvalue weighted by molar-refractivity contribution is 5.78. The number of nitrogens with one attached hydrogen (secondary N) is 1. The summed E-state index contributed by atoms with van der Waals surface area (Å²) in [5.41, 5.74) is 0.983. The molecule has 1 aromatic heterocycles. The Kier molecular flexibility index (Phi) is 4.41. The first-order valence-electron chi connectivity index (χ1n) is 4.59. The van der Waals surface area contributed by atoms with Crippen molar-refractivity contribution in [3.63, 3.8) is 0 Å². The SMILES string of the molecule is C=CCCNC(=O)Cc1ccncc1. The summed E-state index contributed by atoms with van der Waals surface area (Å²) in [5, 5.41) is 2.80. The summed E-state index contributed by atoms with van der Waals surface area (Å²) in [6.07, 6.45) is 6.38. The van der Waals surface area contributed by atoms with Gasteiger partial charge in [-0.2, -0.15) is 0 Å². The Morgan fingerprint density at radius 3 is 2.86 bits per heavy atom. The van der Waals surface area contributed by atoms with E-state index in [0.29, 0.717) is 13.0 Å². The fraction of sp³-hybridized carbons (Fsp3) is 0.273. The predicted molar refractivity (Wildman–Crippen MR) is 55.8 cm³/mol. The van der Waals surface area contributed by atoms with Crippen LogP contribution in [0.5, 0.6) is 0 Å². The van der Waals surface area contributed by atoms with Gasteiger partial charge in [-0.1, -0.05) is 6.08 Å². The van der Waals surface area contributed by atoms with Crippen molar-refractivity contribution < 1.29 is 4.79 Å². The van der Waals surface area contributed by atoms with Gasteiger partial charge >= 0.3 is 0 Å².